The molecule has 0 aliphatic heterocycles. The normalized spacial score (nSPS) is 11.7. The molecule has 2 aromatic rings. The minimum absolute atomic E-state index is 0.0752. The molecule has 0 saturated heterocycles. The summed E-state index contributed by atoms with van der Waals surface area (Å²) in [5, 5.41) is 0. The molecule has 0 saturated carbocycles. The van der Waals surface area contributed by atoms with E-state index in [0.717, 1.165) is 23.6 Å². The van der Waals surface area contributed by atoms with Gasteiger partial charge in [0.25, 0.3) is 5.91 Å². The summed E-state index contributed by atoms with van der Waals surface area (Å²) in [6, 6.07) is 14.8. The molecule has 1 unspecified atom stereocenters. The van der Waals surface area contributed by atoms with E-state index >= 15 is 0 Å². The monoisotopic (exact) mass is 327 g/mol. The molecule has 0 radical (unpaired) electrons. The summed E-state index contributed by atoms with van der Waals surface area (Å²) in [4.78, 5) is 14.3. The zero-order chi connectivity index (χ0) is 17.5. The number of carbonyl (C=O) groups excluding carboxylic acids is 1. The molecule has 4 heteroatoms. The molecule has 2 rings (SSSR count). The predicted molar refractivity (Wildman–Crippen MR) is 97.2 cm³/mol. The smallest absolute Gasteiger partial charge is 0.258 e. The highest BCUT2D eigenvalue weighted by atomic mass is 16.5. The third-order valence-electron chi connectivity index (χ3n) is 3.83. The highest BCUT2D eigenvalue weighted by Gasteiger charge is 2.14. The number of amides is 1. The molecule has 0 fully saturated rings. The van der Waals surface area contributed by atoms with Crippen LogP contribution in [-0.4, -0.2) is 25.7 Å². The van der Waals surface area contributed by atoms with Crippen LogP contribution in [0.15, 0.2) is 48.5 Å². The van der Waals surface area contributed by atoms with Gasteiger partial charge in [-0.05, 0) is 62.7 Å². The third-order valence-corrected chi connectivity index (χ3v) is 3.83. The van der Waals surface area contributed by atoms with Gasteiger partial charge in [0.2, 0.25) is 0 Å². The summed E-state index contributed by atoms with van der Waals surface area (Å²) < 4.78 is 11.2. The fourth-order valence-corrected chi connectivity index (χ4v) is 2.26. The van der Waals surface area contributed by atoms with Crippen LogP contribution in [0.5, 0.6) is 11.5 Å². The van der Waals surface area contributed by atoms with Crippen molar-refractivity contribution in [2.45, 2.75) is 33.3 Å². The Kier molecular flexibility index (Phi) is 6.24. The van der Waals surface area contributed by atoms with E-state index in [0.29, 0.717) is 12.2 Å². The maximum absolute atomic E-state index is 12.7. The van der Waals surface area contributed by atoms with Crippen molar-refractivity contribution in [3.63, 3.8) is 0 Å². The second kappa shape index (κ2) is 8.39. The van der Waals surface area contributed by atoms with Crippen LogP contribution in [0.25, 0.3) is 0 Å². The van der Waals surface area contributed by atoms with Crippen LogP contribution in [0.1, 0.15) is 37.6 Å². The van der Waals surface area contributed by atoms with Crippen LogP contribution >= 0.6 is 0 Å². The molecular weight excluding hydrogens is 302 g/mol. The predicted octanol–water partition coefficient (Wildman–Crippen LogP) is 4.54. The van der Waals surface area contributed by atoms with Crippen molar-refractivity contribution in [3.8, 4) is 11.5 Å². The lowest BCUT2D eigenvalue weighted by Crippen LogP contribution is -2.26. The zero-order valence-corrected chi connectivity index (χ0v) is 14.8. The molecule has 0 N–H and O–H groups in total. The Hall–Kier alpha value is -2.49. The van der Waals surface area contributed by atoms with Crippen molar-refractivity contribution in [3.05, 3.63) is 54.1 Å². The lowest BCUT2D eigenvalue weighted by atomic mass is 10.1. The van der Waals surface area contributed by atoms with Crippen molar-refractivity contribution in [1.82, 2.24) is 0 Å². The molecule has 4 nitrogen and oxygen atoms in total. The van der Waals surface area contributed by atoms with E-state index in [2.05, 4.69) is 6.92 Å². The first kappa shape index (κ1) is 17.9. The number of ether oxygens (including phenoxy) is 2. The number of benzene rings is 2. The van der Waals surface area contributed by atoms with E-state index in [1.165, 1.54) is 0 Å². The summed E-state index contributed by atoms with van der Waals surface area (Å²) in [5.41, 5.74) is 1.42. The van der Waals surface area contributed by atoms with E-state index in [1.54, 1.807) is 24.1 Å². The first-order valence-corrected chi connectivity index (χ1v) is 8.32. The molecule has 0 bridgehead atoms. The van der Waals surface area contributed by atoms with Crippen molar-refractivity contribution in [2.75, 3.05) is 18.6 Å². The average Bonchev–Trinajstić information content (AvgIpc) is 2.61. The van der Waals surface area contributed by atoms with Crippen molar-refractivity contribution in [2.24, 2.45) is 0 Å². The molecule has 0 aliphatic rings. The molecule has 1 amide bonds. The minimum atomic E-state index is -0.0752. The lowest BCUT2D eigenvalue weighted by Gasteiger charge is -2.19. The van der Waals surface area contributed by atoms with Crippen LogP contribution in [0.4, 0.5) is 5.69 Å². The topological polar surface area (TPSA) is 38.8 Å². The number of rotatable bonds is 7. The summed E-state index contributed by atoms with van der Waals surface area (Å²) in [6.07, 6.45) is 1.05. The summed E-state index contributed by atoms with van der Waals surface area (Å²) in [7, 11) is 1.76. The Morgan fingerprint density at radius 1 is 1.08 bits per heavy atom. The molecule has 0 aromatic heterocycles. The van der Waals surface area contributed by atoms with E-state index in [4.69, 9.17) is 9.47 Å². The summed E-state index contributed by atoms with van der Waals surface area (Å²) >= 11 is 0. The van der Waals surface area contributed by atoms with Crippen LogP contribution < -0.4 is 14.4 Å². The van der Waals surface area contributed by atoms with Gasteiger partial charge in [-0.3, -0.25) is 4.79 Å². The Morgan fingerprint density at radius 3 is 2.42 bits per heavy atom. The van der Waals surface area contributed by atoms with E-state index in [1.807, 2.05) is 50.2 Å². The van der Waals surface area contributed by atoms with Gasteiger partial charge in [0.15, 0.2) is 0 Å². The van der Waals surface area contributed by atoms with Gasteiger partial charge in [-0.2, -0.15) is 0 Å². The number of nitrogens with zero attached hydrogens (tertiary/aromatic N) is 1. The van der Waals surface area contributed by atoms with Gasteiger partial charge >= 0.3 is 0 Å². The van der Waals surface area contributed by atoms with Crippen molar-refractivity contribution >= 4 is 11.6 Å². The summed E-state index contributed by atoms with van der Waals surface area (Å²) in [5.74, 6) is 1.44. The van der Waals surface area contributed by atoms with Crippen LogP contribution in [0.2, 0.25) is 0 Å². The fourth-order valence-electron chi connectivity index (χ4n) is 2.26. The molecular formula is C20H25NO3. The van der Waals surface area contributed by atoms with E-state index in [9.17, 15) is 4.79 Å². The Bertz CT molecular complexity index is 667. The van der Waals surface area contributed by atoms with E-state index < -0.39 is 0 Å². The number of hydrogen-bond acceptors (Lipinski definition) is 3. The quantitative estimate of drug-likeness (QED) is 0.749. The van der Waals surface area contributed by atoms with Gasteiger partial charge in [-0.1, -0.05) is 13.0 Å². The molecule has 0 aliphatic carbocycles. The first-order valence-electron chi connectivity index (χ1n) is 8.32. The first-order chi connectivity index (χ1) is 11.5. The molecule has 24 heavy (non-hydrogen) atoms. The van der Waals surface area contributed by atoms with Crippen LogP contribution in [0.3, 0.4) is 0 Å². The maximum Gasteiger partial charge on any atom is 0.258 e. The Balaban J connectivity index is 2.13. The maximum atomic E-state index is 12.7. The highest BCUT2D eigenvalue weighted by Crippen LogP contribution is 2.22. The van der Waals surface area contributed by atoms with Gasteiger partial charge < -0.3 is 14.4 Å². The average molecular weight is 327 g/mol. The molecule has 0 spiro atoms. The Labute approximate surface area is 144 Å². The van der Waals surface area contributed by atoms with Crippen LogP contribution in [0, 0.1) is 0 Å². The highest BCUT2D eigenvalue weighted by molar-refractivity contribution is 6.05. The van der Waals surface area contributed by atoms with Gasteiger partial charge in [-0.25, -0.2) is 0 Å². The molecule has 1 atom stereocenters. The number of anilines is 1. The van der Waals surface area contributed by atoms with Crippen LogP contribution in [-0.2, 0) is 0 Å². The third kappa shape index (κ3) is 4.51. The van der Waals surface area contributed by atoms with Gasteiger partial charge in [0.1, 0.15) is 11.5 Å². The van der Waals surface area contributed by atoms with Gasteiger partial charge in [0, 0.05) is 18.3 Å². The minimum Gasteiger partial charge on any atom is -0.494 e. The zero-order valence-electron chi connectivity index (χ0n) is 14.8. The molecule has 0 heterocycles. The SMILES string of the molecule is CCOc1ccc(N(C)C(=O)c2cccc(OC(C)CC)c2)cc1. The number of carbonyl (C=O) groups is 1. The largest absolute Gasteiger partial charge is 0.494 e. The number of hydrogen-bond donors (Lipinski definition) is 0. The molecule has 128 valence electrons. The second-order valence-corrected chi connectivity index (χ2v) is 5.66. The standard InChI is InChI=1S/C20H25NO3/c1-5-15(3)24-19-9-7-8-16(14-19)20(22)21(4)17-10-12-18(13-11-17)23-6-2/h7-15H,5-6H2,1-4H3. The van der Waals surface area contributed by atoms with E-state index in [-0.39, 0.29) is 12.0 Å². The van der Waals surface area contributed by atoms with Crippen molar-refractivity contribution in [1.29, 1.82) is 0 Å². The molecule has 2 aromatic carbocycles. The van der Waals surface area contributed by atoms with Gasteiger partial charge in [0.05, 0.1) is 12.7 Å². The van der Waals surface area contributed by atoms with Crippen molar-refractivity contribution < 1.29 is 14.3 Å². The summed E-state index contributed by atoms with van der Waals surface area (Å²) in [6.45, 7) is 6.65. The fraction of sp³-hybridized carbons (Fsp3) is 0.350. The second-order valence-electron chi connectivity index (χ2n) is 5.66. The lowest BCUT2D eigenvalue weighted by molar-refractivity contribution is 0.0992. The Morgan fingerprint density at radius 2 is 1.79 bits per heavy atom. The van der Waals surface area contributed by atoms with Gasteiger partial charge in [-0.15, -0.1) is 0 Å².